The van der Waals surface area contributed by atoms with E-state index >= 15 is 0 Å². The zero-order valence-corrected chi connectivity index (χ0v) is 26.1. The van der Waals surface area contributed by atoms with Gasteiger partial charge in [-0.3, -0.25) is 9.69 Å². The molecule has 238 valence electrons. The summed E-state index contributed by atoms with van der Waals surface area (Å²) in [5.41, 5.74) is 4.91. The van der Waals surface area contributed by atoms with Gasteiger partial charge in [-0.15, -0.1) is 13.2 Å². The first-order chi connectivity index (χ1) is 22.0. The highest BCUT2D eigenvalue weighted by atomic mass is 32.2. The highest BCUT2D eigenvalue weighted by Crippen LogP contribution is 2.34. The number of nitrogens with one attached hydrogen (secondary N) is 2. The Morgan fingerprint density at radius 1 is 1.15 bits per heavy atom. The molecule has 2 aliphatic rings. The summed E-state index contributed by atoms with van der Waals surface area (Å²) in [4.78, 5) is 31.1. The quantitative estimate of drug-likeness (QED) is 0.230. The summed E-state index contributed by atoms with van der Waals surface area (Å²) < 4.78 is 41.2. The number of thioether (sulfide) groups is 1. The molecule has 0 aromatic heterocycles. The number of aliphatic imine (C=N–C) groups is 1. The number of hydrazone groups is 1. The average Bonchev–Trinajstić information content (AvgIpc) is 3.63. The molecule has 3 aromatic carbocycles. The van der Waals surface area contributed by atoms with E-state index < -0.39 is 12.4 Å². The van der Waals surface area contributed by atoms with Gasteiger partial charge in [-0.05, 0) is 66.4 Å². The van der Waals surface area contributed by atoms with Crippen molar-refractivity contribution < 1.29 is 27.5 Å². The summed E-state index contributed by atoms with van der Waals surface area (Å²) in [5, 5.41) is 12.4. The van der Waals surface area contributed by atoms with Crippen LogP contribution in [0.5, 0.6) is 5.75 Å². The van der Waals surface area contributed by atoms with Crippen LogP contribution >= 0.6 is 11.8 Å². The lowest BCUT2D eigenvalue weighted by Gasteiger charge is -2.22. The number of aryl methyl sites for hydroxylation is 1. The van der Waals surface area contributed by atoms with Gasteiger partial charge in [0.15, 0.2) is 11.0 Å². The monoisotopic (exact) mass is 648 g/mol. The minimum atomic E-state index is -4.75. The maximum atomic E-state index is 12.8. The number of carbonyl (C=O) groups excluding carboxylic acids is 2. The van der Waals surface area contributed by atoms with Crippen LogP contribution in [0.2, 0.25) is 0 Å². The van der Waals surface area contributed by atoms with Crippen molar-refractivity contribution in [2.24, 2.45) is 10.1 Å². The van der Waals surface area contributed by atoms with Gasteiger partial charge in [-0.25, -0.2) is 9.80 Å². The minimum absolute atomic E-state index is 0.114. The van der Waals surface area contributed by atoms with Crippen LogP contribution in [0.3, 0.4) is 0 Å². The summed E-state index contributed by atoms with van der Waals surface area (Å²) in [6, 6.07) is 18.3. The van der Waals surface area contributed by atoms with Crippen molar-refractivity contribution in [2.45, 2.75) is 39.5 Å². The molecule has 0 spiro atoms. The standard InChI is InChI=1S/C33H31F3N6O3S/c1-21(2)27-15-10-22(3)17-28(27)42-29(43)19-46-32(42)39-31(44)37-16-5-4-7-23-8-6-9-24(18-23)30-38-20-41(40-30)25-11-13-26(14-12-25)45-33(34,35)36/h6,8-15,17-18,21H,5,16,19-20H2,1-3H3,(H,37,44)(H,38,40)/b39-32-. The van der Waals surface area contributed by atoms with Gasteiger partial charge in [0.1, 0.15) is 12.4 Å². The van der Waals surface area contributed by atoms with Crippen LogP contribution in [0, 0.1) is 18.8 Å². The Labute approximate surface area is 268 Å². The third-order valence-corrected chi connectivity index (χ3v) is 7.82. The van der Waals surface area contributed by atoms with Crippen LogP contribution in [-0.2, 0) is 4.79 Å². The molecule has 13 heteroatoms. The number of hydrogen-bond donors (Lipinski definition) is 2. The molecule has 2 aliphatic heterocycles. The van der Waals surface area contributed by atoms with Crippen molar-refractivity contribution >= 4 is 46.1 Å². The molecule has 2 heterocycles. The zero-order valence-electron chi connectivity index (χ0n) is 25.3. The van der Waals surface area contributed by atoms with Crippen LogP contribution in [0.25, 0.3) is 0 Å². The highest BCUT2D eigenvalue weighted by molar-refractivity contribution is 8.15. The van der Waals surface area contributed by atoms with Gasteiger partial charge in [0.05, 0.1) is 17.1 Å². The number of ether oxygens (including phenoxy) is 1. The van der Waals surface area contributed by atoms with Crippen LogP contribution < -0.4 is 25.3 Å². The van der Waals surface area contributed by atoms with E-state index in [0.29, 0.717) is 29.8 Å². The van der Waals surface area contributed by atoms with Gasteiger partial charge in [-0.2, -0.15) is 10.1 Å². The summed E-state index contributed by atoms with van der Waals surface area (Å²) in [7, 11) is 0. The predicted molar refractivity (Wildman–Crippen MR) is 174 cm³/mol. The van der Waals surface area contributed by atoms with E-state index in [1.165, 1.54) is 40.9 Å². The largest absolute Gasteiger partial charge is 0.573 e. The van der Waals surface area contributed by atoms with Crippen LogP contribution in [0.1, 0.15) is 48.4 Å². The molecular weight excluding hydrogens is 617 g/mol. The van der Waals surface area contributed by atoms with E-state index in [0.717, 1.165) is 27.9 Å². The number of urea groups is 1. The Bertz CT molecular complexity index is 1750. The van der Waals surface area contributed by atoms with Crippen molar-refractivity contribution in [2.75, 3.05) is 28.9 Å². The molecule has 5 rings (SSSR count). The molecule has 9 nitrogen and oxygen atoms in total. The number of rotatable bonds is 7. The maximum absolute atomic E-state index is 12.8. The Morgan fingerprint density at radius 3 is 2.67 bits per heavy atom. The summed E-state index contributed by atoms with van der Waals surface area (Å²) >= 11 is 1.24. The molecule has 0 radical (unpaired) electrons. The predicted octanol–water partition coefficient (Wildman–Crippen LogP) is 6.33. The molecule has 2 N–H and O–H groups in total. The topological polar surface area (TPSA) is 98.6 Å². The number of halogens is 3. The molecule has 0 unspecified atom stereocenters. The van der Waals surface area contributed by atoms with Crippen LogP contribution in [-0.4, -0.2) is 48.3 Å². The van der Waals surface area contributed by atoms with Gasteiger partial charge in [-0.1, -0.05) is 61.7 Å². The van der Waals surface area contributed by atoms with Gasteiger partial charge in [0.2, 0.25) is 5.91 Å². The lowest BCUT2D eigenvalue weighted by molar-refractivity contribution is -0.274. The summed E-state index contributed by atoms with van der Waals surface area (Å²) in [5.74, 6) is 6.71. The molecule has 0 aliphatic carbocycles. The molecule has 3 amide bonds. The smallest absolute Gasteiger partial charge is 0.406 e. The SMILES string of the molecule is Cc1ccc(C(C)C)c(N2C(=O)CS/C2=N\C(=O)NCCC#Cc2cccc(C3=NN(c4ccc(OC(F)(F)F)cc4)CN3)c2)c1. The minimum Gasteiger partial charge on any atom is -0.406 e. The summed E-state index contributed by atoms with van der Waals surface area (Å²) in [6.45, 7) is 6.69. The number of alkyl halides is 3. The Hall–Kier alpha value is -4.96. The van der Waals surface area contributed by atoms with Crippen molar-refractivity contribution in [3.8, 4) is 17.6 Å². The van der Waals surface area contributed by atoms with Gasteiger partial charge in [0.25, 0.3) is 0 Å². The Morgan fingerprint density at radius 2 is 1.93 bits per heavy atom. The molecule has 46 heavy (non-hydrogen) atoms. The normalized spacial score (nSPS) is 15.5. The van der Waals surface area contributed by atoms with E-state index in [9.17, 15) is 22.8 Å². The third-order valence-electron chi connectivity index (χ3n) is 6.89. The lowest BCUT2D eigenvalue weighted by atomic mass is 9.99. The van der Waals surface area contributed by atoms with Crippen molar-refractivity contribution in [3.05, 3.63) is 89.0 Å². The first kappa shape index (κ1) is 32.4. The average molecular weight is 649 g/mol. The molecule has 1 fully saturated rings. The molecule has 0 atom stereocenters. The van der Waals surface area contributed by atoms with Gasteiger partial charge >= 0.3 is 12.4 Å². The second kappa shape index (κ2) is 14.0. The van der Waals surface area contributed by atoms with Crippen molar-refractivity contribution in [3.63, 3.8) is 0 Å². The number of benzene rings is 3. The Kier molecular flexibility index (Phi) is 9.87. The maximum Gasteiger partial charge on any atom is 0.573 e. The zero-order chi connectivity index (χ0) is 32.8. The second-order valence-electron chi connectivity index (χ2n) is 10.7. The number of amides is 3. The Balaban J connectivity index is 1.16. The molecule has 0 bridgehead atoms. The fourth-order valence-corrected chi connectivity index (χ4v) is 5.61. The van der Waals surface area contributed by atoms with Crippen LogP contribution in [0.4, 0.5) is 29.3 Å². The first-order valence-electron chi connectivity index (χ1n) is 14.4. The van der Waals surface area contributed by atoms with Crippen LogP contribution in [0.15, 0.2) is 76.8 Å². The van der Waals surface area contributed by atoms with Crippen molar-refractivity contribution in [1.82, 2.24) is 10.6 Å². The third kappa shape index (κ3) is 8.19. The first-order valence-corrected chi connectivity index (χ1v) is 15.4. The van der Waals surface area contributed by atoms with Gasteiger partial charge < -0.3 is 15.4 Å². The molecule has 3 aromatic rings. The van der Waals surface area contributed by atoms with Gasteiger partial charge in [0, 0.05) is 24.1 Å². The van der Waals surface area contributed by atoms with E-state index in [2.05, 4.69) is 51.2 Å². The van der Waals surface area contributed by atoms with Crippen molar-refractivity contribution in [1.29, 1.82) is 0 Å². The molecular formula is C33H31F3N6O3S. The van der Waals surface area contributed by atoms with E-state index in [1.54, 1.807) is 5.01 Å². The van der Waals surface area contributed by atoms with E-state index in [4.69, 9.17) is 0 Å². The number of carbonyl (C=O) groups is 2. The highest BCUT2D eigenvalue weighted by Gasteiger charge is 2.33. The molecule has 0 saturated carbocycles. The van der Waals surface area contributed by atoms with E-state index in [-0.39, 0.29) is 29.9 Å². The number of anilines is 2. The number of hydrogen-bond acceptors (Lipinski definition) is 7. The summed E-state index contributed by atoms with van der Waals surface area (Å²) in [6.07, 6.45) is -4.37. The number of amidine groups is 2. The fraction of sp³-hybridized carbons (Fsp3) is 0.273. The fourth-order valence-electron chi connectivity index (χ4n) is 4.75. The lowest BCUT2D eigenvalue weighted by Crippen LogP contribution is -2.32. The number of nitrogens with zero attached hydrogens (tertiary/aromatic N) is 4. The van der Waals surface area contributed by atoms with E-state index in [1.807, 2.05) is 49.4 Å². The second-order valence-corrected chi connectivity index (χ2v) is 11.7. The molecule has 1 saturated heterocycles.